The molecule has 3 rings (SSSR count). The van der Waals surface area contributed by atoms with Crippen LogP contribution >= 0.6 is 0 Å². The Morgan fingerprint density at radius 2 is 2.00 bits per heavy atom. The fourth-order valence-corrected chi connectivity index (χ4v) is 2.33. The van der Waals surface area contributed by atoms with E-state index in [9.17, 15) is 9.18 Å². The number of carbonyl (C=O) groups excluding carboxylic acids is 1. The van der Waals surface area contributed by atoms with E-state index in [0.29, 0.717) is 5.56 Å². The average molecular weight is 325 g/mol. The van der Waals surface area contributed by atoms with Crippen LogP contribution in [0.4, 0.5) is 4.39 Å². The second-order valence-electron chi connectivity index (χ2n) is 5.26. The number of halogens is 1. The first-order valence-electron chi connectivity index (χ1n) is 7.44. The molecule has 1 amide bonds. The molecule has 0 atom stereocenters. The summed E-state index contributed by atoms with van der Waals surface area (Å²) in [4.78, 5) is 12.2. The average Bonchev–Trinajstić information content (AvgIpc) is 3.15. The van der Waals surface area contributed by atoms with Crippen LogP contribution in [0, 0.1) is 5.82 Å². The quantitative estimate of drug-likeness (QED) is 0.757. The van der Waals surface area contributed by atoms with E-state index in [-0.39, 0.29) is 24.6 Å². The van der Waals surface area contributed by atoms with E-state index in [1.165, 1.54) is 12.1 Å². The first-order valence-corrected chi connectivity index (χ1v) is 7.44. The van der Waals surface area contributed by atoms with Gasteiger partial charge >= 0.3 is 0 Å². The largest absolute Gasteiger partial charge is 0.392 e. The minimum absolute atomic E-state index is 0.213. The van der Waals surface area contributed by atoms with Gasteiger partial charge in [-0.1, -0.05) is 6.07 Å². The molecule has 0 bridgehead atoms. The molecule has 1 heterocycles. The number of carbonyl (C=O) groups is 1. The standard InChI is InChI=1S/C18H16FN3O2/c19-17-7-2-13(10-15(17)12-23)11-20-18(24)14-3-5-16(6-4-14)22-9-1-8-21-22/h1-10,23H,11-12H2,(H,20,24). The summed E-state index contributed by atoms with van der Waals surface area (Å²) in [6.45, 7) is -0.116. The molecule has 6 heteroatoms. The number of nitrogens with zero attached hydrogens (tertiary/aromatic N) is 2. The Bertz CT molecular complexity index is 830. The molecule has 0 spiro atoms. The van der Waals surface area contributed by atoms with Crippen molar-refractivity contribution < 1.29 is 14.3 Å². The SMILES string of the molecule is O=C(NCc1ccc(F)c(CO)c1)c1ccc(-n2cccn2)cc1. The molecule has 0 radical (unpaired) electrons. The lowest BCUT2D eigenvalue weighted by molar-refractivity contribution is 0.0951. The molecule has 24 heavy (non-hydrogen) atoms. The van der Waals surface area contributed by atoms with Gasteiger partial charge in [0.1, 0.15) is 5.82 Å². The van der Waals surface area contributed by atoms with Crippen LogP contribution in [0.3, 0.4) is 0 Å². The predicted octanol–water partition coefficient (Wildman–Crippen LogP) is 2.43. The molecule has 0 saturated heterocycles. The summed E-state index contributed by atoms with van der Waals surface area (Å²) in [6.07, 6.45) is 3.51. The molecule has 0 aliphatic rings. The molecule has 0 unspecified atom stereocenters. The Morgan fingerprint density at radius 3 is 2.67 bits per heavy atom. The van der Waals surface area contributed by atoms with Crippen LogP contribution in [0.1, 0.15) is 21.5 Å². The van der Waals surface area contributed by atoms with Gasteiger partial charge in [0.2, 0.25) is 0 Å². The van der Waals surface area contributed by atoms with Crippen molar-refractivity contribution in [2.24, 2.45) is 0 Å². The van der Waals surface area contributed by atoms with Crippen LogP contribution < -0.4 is 5.32 Å². The van der Waals surface area contributed by atoms with Crippen molar-refractivity contribution in [3.8, 4) is 5.69 Å². The van der Waals surface area contributed by atoms with Gasteiger partial charge in [0.05, 0.1) is 12.3 Å². The van der Waals surface area contributed by atoms with Crippen LogP contribution in [-0.4, -0.2) is 20.8 Å². The van der Waals surface area contributed by atoms with E-state index in [4.69, 9.17) is 5.11 Å². The molecule has 0 aliphatic heterocycles. The summed E-state index contributed by atoms with van der Waals surface area (Å²) in [5.74, 6) is -0.682. The van der Waals surface area contributed by atoms with Crippen molar-refractivity contribution in [3.05, 3.63) is 83.4 Å². The van der Waals surface area contributed by atoms with E-state index in [0.717, 1.165) is 11.3 Å². The minimum Gasteiger partial charge on any atom is -0.392 e. The lowest BCUT2D eigenvalue weighted by Crippen LogP contribution is -2.22. The molecule has 3 aromatic rings. The lowest BCUT2D eigenvalue weighted by atomic mass is 10.1. The van der Waals surface area contributed by atoms with Gasteiger partial charge in [0, 0.05) is 30.1 Å². The zero-order chi connectivity index (χ0) is 16.9. The highest BCUT2D eigenvalue weighted by molar-refractivity contribution is 5.94. The molecular weight excluding hydrogens is 309 g/mol. The lowest BCUT2D eigenvalue weighted by Gasteiger charge is -2.08. The van der Waals surface area contributed by atoms with Gasteiger partial charge in [-0.15, -0.1) is 0 Å². The van der Waals surface area contributed by atoms with Gasteiger partial charge in [-0.2, -0.15) is 5.10 Å². The van der Waals surface area contributed by atoms with Crippen LogP contribution in [0.25, 0.3) is 5.69 Å². The molecule has 0 aliphatic carbocycles. The minimum atomic E-state index is -0.457. The smallest absolute Gasteiger partial charge is 0.251 e. The molecule has 0 fully saturated rings. The predicted molar refractivity (Wildman–Crippen MR) is 87.1 cm³/mol. The first kappa shape index (κ1) is 15.9. The van der Waals surface area contributed by atoms with Crippen molar-refractivity contribution in [2.75, 3.05) is 0 Å². The second kappa shape index (κ2) is 7.06. The fraction of sp³-hybridized carbons (Fsp3) is 0.111. The van der Waals surface area contributed by atoms with Crippen molar-refractivity contribution in [3.63, 3.8) is 0 Å². The summed E-state index contributed by atoms with van der Waals surface area (Å²) < 4.78 is 15.0. The number of aromatic nitrogens is 2. The normalized spacial score (nSPS) is 10.6. The highest BCUT2D eigenvalue weighted by Gasteiger charge is 2.07. The number of benzene rings is 2. The van der Waals surface area contributed by atoms with Crippen molar-refractivity contribution in [1.29, 1.82) is 0 Å². The fourth-order valence-electron chi connectivity index (χ4n) is 2.33. The molecule has 0 saturated carbocycles. The summed E-state index contributed by atoms with van der Waals surface area (Å²) in [7, 11) is 0. The van der Waals surface area contributed by atoms with Gasteiger partial charge in [0.15, 0.2) is 0 Å². The molecule has 5 nitrogen and oxygen atoms in total. The van der Waals surface area contributed by atoms with Gasteiger partial charge in [-0.25, -0.2) is 9.07 Å². The summed E-state index contributed by atoms with van der Waals surface area (Å²) in [5, 5.41) is 16.0. The second-order valence-corrected chi connectivity index (χ2v) is 5.26. The van der Waals surface area contributed by atoms with Crippen LogP contribution in [0.2, 0.25) is 0 Å². The number of aliphatic hydroxyl groups is 1. The molecule has 122 valence electrons. The Hall–Kier alpha value is -2.99. The highest BCUT2D eigenvalue weighted by Crippen LogP contribution is 2.12. The summed E-state index contributed by atoms with van der Waals surface area (Å²) in [6, 6.07) is 13.3. The van der Waals surface area contributed by atoms with E-state index in [2.05, 4.69) is 10.4 Å². The Labute approximate surface area is 138 Å². The third-order valence-corrected chi connectivity index (χ3v) is 3.63. The number of hydrogen-bond donors (Lipinski definition) is 2. The van der Waals surface area contributed by atoms with Crippen molar-refractivity contribution in [1.82, 2.24) is 15.1 Å². The maximum absolute atomic E-state index is 13.3. The van der Waals surface area contributed by atoms with Crippen LogP contribution in [0.15, 0.2) is 60.9 Å². The number of nitrogens with one attached hydrogen (secondary N) is 1. The maximum atomic E-state index is 13.3. The Morgan fingerprint density at radius 1 is 1.21 bits per heavy atom. The zero-order valence-electron chi connectivity index (χ0n) is 12.8. The molecule has 2 N–H and O–H groups in total. The molecular formula is C18H16FN3O2. The van der Waals surface area contributed by atoms with E-state index >= 15 is 0 Å². The topological polar surface area (TPSA) is 67.2 Å². The maximum Gasteiger partial charge on any atom is 0.251 e. The zero-order valence-corrected chi connectivity index (χ0v) is 12.8. The number of hydrogen-bond acceptors (Lipinski definition) is 3. The Kier molecular flexibility index (Phi) is 4.67. The number of rotatable bonds is 5. The van der Waals surface area contributed by atoms with Crippen LogP contribution in [0.5, 0.6) is 0 Å². The van der Waals surface area contributed by atoms with E-state index in [1.54, 1.807) is 29.1 Å². The van der Waals surface area contributed by atoms with E-state index < -0.39 is 5.82 Å². The van der Waals surface area contributed by atoms with Crippen molar-refractivity contribution in [2.45, 2.75) is 13.2 Å². The van der Waals surface area contributed by atoms with Gasteiger partial charge in [-0.05, 0) is 48.0 Å². The van der Waals surface area contributed by atoms with Gasteiger partial charge in [0.25, 0.3) is 5.91 Å². The summed E-state index contributed by atoms with van der Waals surface area (Å²) in [5.41, 5.74) is 2.32. The highest BCUT2D eigenvalue weighted by atomic mass is 19.1. The monoisotopic (exact) mass is 325 g/mol. The van der Waals surface area contributed by atoms with Gasteiger partial charge < -0.3 is 10.4 Å². The van der Waals surface area contributed by atoms with Crippen LogP contribution in [-0.2, 0) is 13.2 Å². The third-order valence-electron chi connectivity index (χ3n) is 3.63. The number of aliphatic hydroxyl groups excluding tert-OH is 1. The van der Waals surface area contributed by atoms with E-state index in [1.807, 2.05) is 24.4 Å². The van der Waals surface area contributed by atoms with Gasteiger partial charge in [-0.3, -0.25) is 4.79 Å². The first-order chi connectivity index (χ1) is 11.7. The third kappa shape index (κ3) is 3.49. The molecule has 2 aromatic carbocycles. The Balaban J connectivity index is 1.65. The summed E-state index contributed by atoms with van der Waals surface area (Å²) >= 11 is 0. The molecule has 1 aromatic heterocycles. The van der Waals surface area contributed by atoms with Crippen molar-refractivity contribution >= 4 is 5.91 Å². The number of amides is 1.